The molecule has 23 heavy (non-hydrogen) atoms. The molecule has 4 aromatic rings. The van der Waals surface area contributed by atoms with Crippen LogP contribution in [0.25, 0.3) is 20.8 Å². The minimum absolute atomic E-state index is 0.240. The van der Waals surface area contributed by atoms with Crippen molar-refractivity contribution in [2.75, 3.05) is 5.32 Å². The van der Waals surface area contributed by atoms with Gasteiger partial charge in [-0.15, -0.1) is 22.7 Å². The van der Waals surface area contributed by atoms with Crippen LogP contribution in [0.2, 0.25) is 0 Å². The van der Waals surface area contributed by atoms with Crippen molar-refractivity contribution in [3.05, 3.63) is 52.5 Å². The second kappa shape index (κ2) is 5.60. The van der Waals surface area contributed by atoms with Crippen LogP contribution < -0.4 is 5.32 Å². The fourth-order valence-corrected chi connectivity index (χ4v) is 3.81. The maximum absolute atomic E-state index is 12.3. The van der Waals surface area contributed by atoms with Gasteiger partial charge in [0.25, 0.3) is 5.91 Å². The molecule has 3 heterocycles. The Morgan fingerprint density at radius 1 is 1.26 bits per heavy atom. The summed E-state index contributed by atoms with van der Waals surface area (Å²) >= 11 is 3.24. The van der Waals surface area contributed by atoms with Crippen LogP contribution in [0.1, 0.15) is 15.5 Å². The van der Waals surface area contributed by atoms with Crippen molar-refractivity contribution in [2.24, 2.45) is 0 Å². The van der Waals surface area contributed by atoms with Gasteiger partial charge in [0.15, 0.2) is 5.69 Å². The summed E-state index contributed by atoms with van der Waals surface area (Å²) in [6, 6.07) is 11.4. The average molecular weight is 340 g/mol. The first-order valence-electron chi connectivity index (χ1n) is 6.97. The molecule has 0 atom stereocenters. The van der Waals surface area contributed by atoms with E-state index in [1.165, 1.54) is 0 Å². The number of carbonyl (C=O) groups excluding carboxylic acids is 1. The first kappa shape index (κ1) is 14.1. The summed E-state index contributed by atoms with van der Waals surface area (Å²) in [6.45, 7) is 1.97. The van der Waals surface area contributed by atoms with Gasteiger partial charge in [-0.2, -0.15) is 5.10 Å². The number of aromatic nitrogens is 3. The second-order valence-electron chi connectivity index (χ2n) is 5.01. The molecule has 1 aromatic carbocycles. The lowest BCUT2D eigenvalue weighted by atomic mass is 10.2. The van der Waals surface area contributed by atoms with Gasteiger partial charge in [-0.3, -0.25) is 9.89 Å². The summed E-state index contributed by atoms with van der Waals surface area (Å²) in [5.41, 5.74) is 2.82. The Hall–Kier alpha value is -2.51. The van der Waals surface area contributed by atoms with Crippen molar-refractivity contribution >= 4 is 44.5 Å². The number of fused-ring (bicyclic) bond motifs is 1. The predicted octanol–water partition coefficient (Wildman–Crippen LogP) is 4.31. The molecule has 0 fully saturated rings. The molecular weight excluding hydrogens is 328 g/mol. The molecule has 2 N–H and O–H groups in total. The highest BCUT2D eigenvalue weighted by atomic mass is 32.1. The highest BCUT2D eigenvalue weighted by Crippen LogP contribution is 2.25. The zero-order valence-corrected chi connectivity index (χ0v) is 13.8. The number of thiazole rings is 1. The molecule has 0 saturated heterocycles. The molecule has 0 spiro atoms. The van der Waals surface area contributed by atoms with Crippen molar-refractivity contribution in [1.29, 1.82) is 0 Å². The monoisotopic (exact) mass is 340 g/mol. The Balaban J connectivity index is 1.56. The predicted molar refractivity (Wildman–Crippen MR) is 94.2 cm³/mol. The Morgan fingerprint density at radius 2 is 2.17 bits per heavy atom. The Kier molecular flexibility index (Phi) is 3.44. The lowest BCUT2D eigenvalue weighted by molar-refractivity contribution is 0.102. The topological polar surface area (TPSA) is 70.7 Å². The van der Waals surface area contributed by atoms with Crippen LogP contribution in [0, 0.1) is 6.92 Å². The van der Waals surface area contributed by atoms with Gasteiger partial charge in [0, 0.05) is 5.69 Å². The first-order valence-corrected chi connectivity index (χ1v) is 8.66. The zero-order chi connectivity index (χ0) is 15.8. The van der Waals surface area contributed by atoms with E-state index in [2.05, 4.69) is 20.5 Å². The molecule has 0 radical (unpaired) electrons. The maximum atomic E-state index is 12.3. The van der Waals surface area contributed by atoms with Crippen molar-refractivity contribution in [3.8, 4) is 10.6 Å². The van der Waals surface area contributed by atoms with Crippen molar-refractivity contribution < 1.29 is 4.79 Å². The standard InChI is InChI=1S/C16H12N4OS2/c1-9-17-11-7-10(4-5-15(11)23-9)18-16(21)13-8-12(19-20-13)14-3-2-6-22-14/h2-8H,1H3,(H,18,21)(H,19,20). The summed E-state index contributed by atoms with van der Waals surface area (Å²) in [5.74, 6) is -0.240. The average Bonchev–Trinajstić information content (AvgIpc) is 3.26. The van der Waals surface area contributed by atoms with Crippen LogP contribution >= 0.6 is 22.7 Å². The van der Waals surface area contributed by atoms with Gasteiger partial charge in [0.05, 0.1) is 25.8 Å². The fourth-order valence-electron chi connectivity index (χ4n) is 2.31. The lowest BCUT2D eigenvalue weighted by Crippen LogP contribution is -2.12. The number of aromatic amines is 1. The first-order chi connectivity index (χ1) is 11.2. The zero-order valence-electron chi connectivity index (χ0n) is 12.2. The number of rotatable bonds is 3. The maximum Gasteiger partial charge on any atom is 0.276 e. The number of carbonyl (C=O) groups is 1. The molecule has 0 aliphatic carbocycles. The molecule has 0 bridgehead atoms. The van der Waals surface area contributed by atoms with E-state index in [-0.39, 0.29) is 5.91 Å². The Morgan fingerprint density at radius 3 is 3.00 bits per heavy atom. The molecule has 0 saturated carbocycles. The number of benzene rings is 1. The van der Waals surface area contributed by atoms with Crippen LogP contribution in [0.5, 0.6) is 0 Å². The van der Waals surface area contributed by atoms with Gasteiger partial charge < -0.3 is 5.32 Å². The Bertz CT molecular complexity index is 985. The number of anilines is 1. The van der Waals surface area contributed by atoms with E-state index < -0.39 is 0 Å². The molecule has 0 aliphatic heterocycles. The number of thiophene rings is 1. The SMILES string of the molecule is Cc1nc2cc(NC(=O)c3cc(-c4cccs4)[nH]n3)ccc2s1. The Labute approximate surface area is 140 Å². The molecule has 114 valence electrons. The van der Waals surface area contributed by atoms with E-state index in [1.54, 1.807) is 28.7 Å². The van der Waals surface area contributed by atoms with Gasteiger partial charge in [0.1, 0.15) is 0 Å². The van der Waals surface area contributed by atoms with E-state index in [0.717, 1.165) is 25.8 Å². The van der Waals surface area contributed by atoms with Crippen LogP contribution in [-0.2, 0) is 0 Å². The van der Waals surface area contributed by atoms with E-state index in [1.807, 2.05) is 42.6 Å². The molecular formula is C16H12N4OS2. The highest BCUT2D eigenvalue weighted by Gasteiger charge is 2.13. The number of aryl methyl sites for hydroxylation is 1. The van der Waals surface area contributed by atoms with Crippen molar-refractivity contribution in [3.63, 3.8) is 0 Å². The summed E-state index contributed by atoms with van der Waals surface area (Å²) < 4.78 is 1.11. The van der Waals surface area contributed by atoms with Crippen LogP contribution in [-0.4, -0.2) is 21.1 Å². The fraction of sp³-hybridized carbons (Fsp3) is 0.0625. The van der Waals surface area contributed by atoms with E-state index in [4.69, 9.17) is 0 Å². The van der Waals surface area contributed by atoms with Crippen LogP contribution in [0.3, 0.4) is 0 Å². The number of H-pyrrole nitrogens is 1. The third-order valence-corrected chi connectivity index (χ3v) is 5.20. The quantitative estimate of drug-likeness (QED) is 0.584. The molecule has 1 amide bonds. The second-order valence-corrected chi connectivity index (χ2v) is 7.20. The van der Waals surface area contributed by atoms with Crippen molar-refractivity contribution in [2.45, 2.75) is 6.92 Å². The lowest BCUT2D eigenvalue weighted by Gasteiger charge is -2.02. The van der Waals surface area contributed by atoms with E-state index in [0.29, 0.717) is 11.4 Å². The van der Waals surface area contributed by atoms with E-state index >= 15 is 0 Å². The van der Waals surface area contributed by atoms with Gasteiger partial charge in [-0.05, 0) is 42.6 Å². The van der Waals surface area contributed by atoms with Crippen LogP contribution in [0.15, 0.2) is 41.8 Å². The van der Waals surface area contributed by atoms with Crippen molar-refractivity contribution in [1.82, 2.24) is 15.2 Å². The van der Waals surface area contributed by atoms with Gasteiger partial charge in [0.2, 0.25) is 0 Å². The third-order valence-electron chi connectivity index (χ3n) is 3.35. The normalized spacial score (nSPS) is 11.0. The minimum Gasteiger partial charge on any atom is -0.321 e. The van der Waals surface area contributed by atoms with E-state index in [9.17, 15) is 4.79 Å². The van der Waals surface area contributed by atoms with Gasteiger partial charge >= 0.3 is 0 Å². The largest absolute Gasteiger partial charge is 0.321 e. The summed E-state index contributed by atoms with van der Waals surface area (Å²) in [6.07, 6.45) is 0. The number of nitrogens with zero attached hydrogens (tertiary/aromatic N) is 2. The minimum atomic E-state index is -0.240. The number of nitrogens with one attached hydrogen (secondary N) is 2. The van der Waals surface area contributed by atoms with Gasteiger partial charge in [-0.1, -0.05) is 6.07 Å². The number of amides is 1. The third kappa shape index (κ3) is 2.76. The molecule has 0 unspecified atom stereocenters. The molecule has 4 rings (SSSR count). The molecule has 3 aromatic heterocycles. The molecule has 5 nitrogen and oxygen atoms in total. The number of hydrogen-bond acceptors (Lipinski definition) is 5. The summed E-state index contributed by atoms with van der Waals surface area (Å²) in [5, 5.41) is 12.8. The number of hydrogen-bond donors (Lipinski definition) is 2. The smallest absolute Gasteiger partial charge is 0.276 e. The molecule has 7 heteroatoms. The summed E-state index contributed by atoms with van der Waals surface area (Å²) in [7, 11) is 0. The molecule has 0 aliphatic rings. The van der Waals surface area contributed by atoms with Crippen LogP contribution in [0.4, 0.5) is 5.69 Å². The highest BCUT2D eigenvalue weighted by molar-refractivity contribution is 7.18. The summed E-state index contributed by atoms with van der Waals surface area (Å²) in [4.78, 5) is 17.8. The van der Waals surface area contributed by atoms with Gasteiger partial charge in [-0.25, -0.2) is 4.98 Å².